The van der Waals surface area contributed by atoms with Crippen LogP contribution in [0.3, 0.4) is 0 Å². The van der Waals surface area contributed by atoms with Gasteiger partial charge in [-0.15, -0.1) is 0 Å². The molecule has 132 valence electrons. The molecule has 1 fully saturated rings. The van der Waals surface area contributed by atoms with E-state index in [1.54, 1.807) is 10.8 Å². The molecular weight excluding hydrogens is 316 g/mol. The molecule has 0 bridgehead atoms. The van der Waals surface area contributed by atoms with Gasteiger partial charge in [-0.25, -0.2) is 18.1 Å². The average Bonchev–Trinajstić information content (AvgIpc) is 2.92. The number of morpholine rings is 1. The van der Waals surface area contributed by atoms with Crippen LogP contribution >= 0.6 is 0 Å². The lowest BCUT2D eigenvalue weighted by Crippen LogP contribution is -2.38. The van der Waals surface area contributed by atoms with E-state index < -0.39 is 10.0 Å². The number of nitrogens with zero attached hydrogens (tertiary/aromatic N) is 3. The van der Waals surface area contributed by atoms with Crippen LogP contribution in [0.2, 0.25) is 0 Å². The van der Waals surface area contributed by atoms with Gasteiger partial charge in [-0.05, 0) is 19.4 Å². The maximum atomic E-state index is 12.3. The van der Waals surface area contributed by atoms with Crippen LogP contribution in [0.1, 0.15) is 32.0 Å². The average molecular weight is 344 g/mol. The van der Waals surface area contributed by atoms with Crippen LogP contribution in [0.5, 0.6) is 0 Å². The smallest absolute Gasteiger partial charge is 0.259 e. The molecule has 1 aliphatic heterocycles. The van der Waals surface area contributed by atoms with Gasteiger partial charge in [0.05, 0.1) is 13.2 Å². The summed E-state index contributed by atoms with van der Waals surface area (Å²) in [5, 5.41) is 0.123. The minimum Gasteiger partial charge on any atom is -0.379 e. The van der Waals surface area contributed by atoms with E-state index in [0.29, 0.717) is 6.54 Å². The number of imidazole rings is 1. The fourth-order valence-electron chi connectivity index (χ4n) is 2.58. The quantitative estimate of drug-likeness (QED) is 0.670. The second-order valence-corrected chi connectivity index (χ2v) is 7.63. The van der Waals surface area contributed by atoms with Crippen LogP contribution in [0.25, 0.3) is 0 Å². The zero-order valence-electron chi connectivity index (χ0n) is 14.1. The van der Waals surface area contributed by atoms with Gasteiger partial charge in [0.15, 0.2) is 5.03 Å². The second kappa shape index (κ2) is 8.77. The van der Waals surface area contributed by atoms with Gasteiger partial charge in [-0.1, -0.05) is 13.3 Å². The normalized spacial score (nSPS) is 16.8. The van der Waals surface area contributed by atoms with Crippen molar-refractivity contribution in [3.8, 4) is 0 Å². The van der Waals surface area contributed by atoms with E-state index in [1.165, 1.54) is 0 Å². The molecule has 1 aromatic rings. The Kier molecular flexibility index (Phi) is 7.01. The molecule has 1 saturated heterocycles. The van der Waals surface area contributed by atoms with Crippen LogP contribution in [-0.2, 0) is 28.2 Å². The van der Waals surface area contributed by atoms with Crippen LogP contribution in [0.4, 0.5) is 0 Å². The van der Waals surface area contributed by atoms with Gasteiger partial charge in [0.1, 0.15) is 5.82 Å². The molecule has 0 unspecified atom stereocenters. The van der Waals surface area contributed by atoms with Crippen LogP contribution in [0.15, 0.2) is 11.2 Å². The summed E-state index contributed by atoms with van der Waals surface area (Å²) in [7, 11) is -1.67. The maximum absolute atomic E-state index is 12.3. The van der Waals surface area contributed by atoms with Crippen molar-refractivity contribution < 1.29 is 13.2 Å². The van der Waals surface area contributed by atoms with Crippen molar-refractivity contribution in [1.29, 1.82) is 0 Å². The number of unbranched alkanes of at least 4 members (excludes halogenated alkanes) is 1. The number of rotatable bonds is 9. The summed E-state index contributed by atoms with van der Waals surface area (Å²) in [6.07, 6.45) is 5.26. The SMILES string of the molecule is CCCCc1nc(S(=O)(=O)NCCCN2CCOCC2)cn1C. The molecule has 0 atom stereocenters. The van der Waals surface area contributed by atoms with Crippen molar-refractivity contribution in [2.45, 2.75) is 37.6 Å². The Balaban J connectivity index is 1.81. The highest BCUT2D eigenvalue weighted by Crippen LogP contribution is 2.10. The number of sulfonamides is 1. The van der Waals surface area contributed by atoms with Gasteiger partial charge >= 0.3 is 0 Å². The lowest BCUT2D eigenvalue weighted by atomic mass is 10.2. The molecule has 0 aliphatic carbocycles. The molecule has 1 aromatic heterocycles. The fraction of sp³-hybridized carbons (Fsp3) is 0.800. The zero-order valence-corrected chi connectivity index (χ0v) is 14.9. The first-order valence-corrected chi connectivity index (χ1v) is 9.83. The van der Waals surface area contributed by atoms with E-state index in [-0.39, 0.29) is 5.03 Å². The first kappa shape index (κ1) is 18.4. The number of aryl methyl sites for hydroxylation is 2. The molecule has 23 heavy (non-hydrogen) atoms. The first-order chi connectivity index (χ1) is 11.0. The van der Waals surface area contributed by atoms with Crippen molar-refractivity contribution in [3.05, 3.63) is 12.0 Å². The summed E-state index contributed by atoms with van der Waals surface area (Å²) in [5.41, 5.74) is 0. The monoisotopic (exact) mass is 344 g/mol. The molecule has 2 rings (SSSR count). The Morgan fingerprint density at radius 1 is 1.30 bits per heavy atom. The molecule has 1 N–H and O–H groups in total. The Morgan fingerprint density at radius 3 is 2.74 bits per heavy atom. The zero-order chi connectivity index (χ0) is 16.7. The second-order valence-electron chi connectivity index (χ2n) is 5.92. The summed E-state index contributed by atoms with van der Waals surface area (Å²) >= 11 is 0. The van der Waals surface area contributed by atoms with Crippen LogP contribution < -0.4 is 4.72 Å². The molecule has 0 aromatic carbocycles. The molecule has 7 nitrogen and oxygen atoms in total. The highest BCUT2D eigenvalue weighted by atomic mass is 32.2. The van der Waals surface area contributed by atoms with Gasteiger partial charge in [0, 0.05) is 39.3 Å². The molecule has 0 saturated carbocycles. The molecular formula is C15H28N4O3S. The van der Waals surface area contributed by atoms with E-state index in [4.69, 9.17) is 4.74 Å². The summed E-state index contributed by atoms with van der Waals surface area (Å²) in [5.74, 6) is 0.820. The first-order valence-electron chi connectivity index (χ1n) is 8.35. The largest absolute Gasteiger partial charge is 0.379 e. The standard InChI is InChI=1S/C15H28N4O3S/c1-3-4-6-14-17-15(13-18(14)2)23(20,21)16-7-5-8-19-9-11-22-12-10-19/h13,16H,3-12H2,1-2H3. The predicted molar refractivity (Wildman–Crippen MR) is 88.9 cm³/mol. The number of hydrogen-bond acceptors (Lipinski definition) is 5. The van der Waals surface area contributed by atoms with E-state index in [1.807, 2.05) is 7.05 Å². The van der Waals surface area contributed by atoms with Crippen LogP contribution in [0, 0.1) is 0 Å². The third-order valence-electron chi connectivity index (χ3n) is 4.03. The van der Waals surface area contributed by atoms with Gasteiger partial charge in [-0.2, -0.15) is 0 Å². The summed E-state index contributed by atoms with van der Waals surface area (Å²) in [4.78, 5) is 6.57. The number of ether oxygens (including phenoxy) is 1. The lowest BCUT2D eigenvalue weighted by molar-refractivity contribution is 0.0376. The van der Waals surface area contributed by atoms with E-state index in [0.717, 1.165) is 64.4 Å². The number of aromatic nitrogens is 2. The Labute approximate surface area is 139 Å². The van der Waals surface area contributed by atoms with Crippen molar-refractivity contribution in [1.82, 2.24) is 19.2 Å². The molecule has 0 spiro atoms. The van der Waals surface area contributed by atoms with Gasteiger partial charge in [0.2, 0.25) is 0 Å². The van der Waals surface area contributed by atoms with E-state index >= 15 is 0 Å². The van der Waals surface area contributed by atoms with Crippen molar-refractivity contribution in [2.75, 3.05) is 39.4 Å². The highest BCUT2D eigenvalue weighted by molar-refractivity contribution is 7.89. The van der Waals surface area contributed by atoms with E-state index in [9.17, 15) is 8.42 Å². The molecule has 0 amide bonds. The summed E-state index contributed by atoms with van der Waals surface area (Å²) in [6.45, 7) is 6.80. The van der Waals surface area contributed by atoms with Crippen molar-refractivity contribution in [2.24, 2.45) is 7.05 Å². The van der Waals surface area contributed by atoms with Crippen molar-refractivity contribution in [3.63, 3.8) is 0 Å². The third-order valence-corrected chi connectivity index (χ3v) is 5.36. The molecule has 1 aliphatic rings. The molecule has 2 heterocycles. The third kappa shape index (κ3) is 5.56. The maximum Gasteiger partial charge on any atom is 0.259 e. The minimum absolute atomic E-state index is 0.123. The Bertz CT molecular complexity index is 580. The summed E-state index contributed by atoms with van der Waals surface area (Å²) < 4.78 is 34.4. The summed E-state index contributed by atoms with van der Waals surface area (Å²) in [6, 6.07) is 0. The number of hydrogen-bond donors (Lipinski definition) is 1. The van der Waals surface area contributed by atoms with Crippen LogP contribution in [-0.4, -0.2) is 62.3 Å². The fourth-order valence-corrected chi connectivity index (χ4v) is 3.66. The Hall–Kier alpha value is -0.960. The van der Waals surface area contributed by atoms with Gasteiger partial charge in [-0.3, -0.25) is 4.90 Å². The van der Waals surface area contributed by atoms with Gasteiger partial charge < -0.3 is 9.30 Å². The van der Waals surface area contributed by atoms with E-state index in [2.05, 4.69) is 21.5 Å². The number of nitrogens with one attached hydrogen (secondary N) is 1. The minimum atomic E-state index is -3.52. The predicted octanol–water partition coefficient (Wildman–Crippen LogP) is 0.763. The van der Waals surface area contributed by atoms with Crippen molar-refractivity contribution >= 4 is 10.0 Å². The molecule has 0 radical (unpaired) electrons. The molecule has 8 heteroatoms. The topological polar surface area (TPSA) is 76.5 Å². The van der Waals surface area contributed by atoms with Gasteiger partial charge in [0.25, 0.3) is 10.0 Å². The highest BCUT2D eigenvalue weighted by Gasteiger charge is 2.19. The lowest BCUT2D eigenvalue weighted by Gasteiger charge is -2.26. The Morgan fingerprint density at radius 2 is 2.04 bits per heavy atom.